The van der Waals surface area contributed by atoms with Gasteiger partial charge in [0, 0.05) is 17.8 Å². The summed E-state index contributed by atoms with van der Waals surface area (Å²) in [5, 5.41) is 28.2. The average molecular weight is 440 g/mol. The van der Waals surface area contributed by atoms with Gasteiger partial charge in [-0.1, -0.05) is 24.8 Å². The Labute approximate surface area is 182 Å². The first kappa shape index (κ1) is 22.7. The van der Waals surface area contributed by atoms with Gasteiger partial charge in [0.2, 0.25) is 10.0 Å². The fourth-order valence-corrected chi connectivity index (χ4v) is 5.13. The molecular formula is C23H25N3O4S. The second kappa shape index (κ2) is 9.02. The molecule has 1 atom stereocenters. The molecule has 1 aliphatic rings. The first-order valence-electron chi connectivity index (χ1n) is 9.85. The summed E-state index contributed by atoms with van der Waals surface area (Å²) in [6.07, 6.45) is 2.46. The molecule has 0 amide bonds. The zero-order valence-electron chi connectivity index (χ0n) is 17.5. The van der Waals surface area contributed by atoms with Crippen LogP contribution in [0.2, 0.25) is 0 Å². The maximum Gasteiger partial charge on any atom is 0.211 e. The molecule has 2 aromatic carbocycles. The number of aliphatic imine (C=N–C) groups is 1. The zero-order chi connectivity index (χ0) is 22.8. The quantitative estimate of drug-likeness (QED) is 0.644. The van der Waals surface area contributed by atoms with Gasteiger partial charge in [-0.25, -0.2) is 8.42 Å². The highest BCUT2D eigenvalue weighted by Gasteiger charge is 2.34. The summed E-state index contributed by atoms with van der Waals surface area (Å²) in [6, 6.07) is 12.0. The molecule has 0 heterocycles. The van der Waals surface area contributed by atoms with Crippen molar-refractivity contribution >= 4 is 21.4 Å². The van der Waals surface area contributed by atoms with Crippen LogP contribution in [0, 0.1) is 11.3 Å². The van der Waals surface area contributed by atoms with Crippen molar-refractivity contribution in [2.24, 2.45) is 4.99 Å². The first-order chi connectivity index (χ1) is 14.7. The van der Waals surface area contributed by atoms with E-state index in [4.69, 9.17) is 5.26 Å². The van der Waals surface area contributed by atoms with Crippen LogP contribution >= 0.6 is 0 Å². The minimum absolute atomic E-state index is 0.0491. The Morgan fingerprint density at radius 1 is 1.35 bits per heavy atom. The minimum Gasteiger partial charge on any atom is -0.507 e. The standard InChI is InChI=1S/C23H25N3O4S/c1-15(17-7-10-23(28)18(13-17)14-24)25-16(2)19-5-4-6-21-20(19)8-9-22(21)26(11-12-27)31(3,29)30/h4-7,10,13,22,27-28H,2,8-9,11-12H2,1,3H3. The van der Waals surface area contributed by atoms with Crippen molar-refractivity contribution in [2.75, 3.05) is 19.4 Å². The van der Waals surface area contributed by atoms with Gasteiger partial charge >= 0.3 is 0 Å². The fourth-order valence-electron chi connectivity index (χ4n) is 4.03. The summed E-state index contributed by atoms with van der Waals surface area (Å²) in [4.78, 5) is 4.61. The van der Waals surface area contributed by atoms with E-state index in [1.165, 1.54) is 10.4 Å². The third-order valence-electron chi connectivity index (χ3n) is 5.48. The Hall–Kier alpha value is -2.99. The summed E-state index contributed by atoms with van der Waals surface area (Å²) in [5.41, 5.74) is 4.81. The van der Waals surface area contributed by atoms with Crippen LogP contribution in [0.1, 0.15) is 47.2 Å². The van der Waals surface area contributed by atoms with Crippen LogP contribution in [-0.2, 0) is 16.4 Å². The van der Waals surface area contributed by atoms with Gasteiger partial charge < -0.3 is 10.2 Å². The van der Waals surface area contributed by atoms with E-state index in [0.29, 0.717) is 29.8 Å². The molecule has 0 saturated heterocycles. The summed E-state index contributed by atoms with van der Waals surface area (Å²) in [5.74, 6) is -0.0805. The van der Waals surface area contributed by atoms with Crippen LogP contribution in [0.15, 0.2) is 48.0 Å². The van der Waals surface area contributed by atoms with Crippen molar-refractivity contribution in [1.29, 1.82) is 5.26 Å². The lowest BCUT2D eigenvalue weighted by molar-refractivity contribution is 0.226. The van der Waals surface area contributed by atoms with Crippen LogP contribution < -0.4 is 0 Å². The number of nitrogens with zero attached hydrogens (tertiary/aromatic N) is 3. The molecule has 0 spiro atoms. The van der Waals surface area contributed by atoms with E-state index in [-0.39, 0.29) is 30.5 Å². The van der Waals surface area contributed by atoms with Crippen molar-refractivity contribution in [1.82, 2.24) is 4.31 Å². The number of aliphatic hydroxyl groups excluding tert-OH is 1. The van der Waals surface area contributed by atoms with E-state index in [1.807, 2.05) is 24.3 Å². The predicted octanol–water partition coefficient (Wildman–Crippen LogP) is 2.98. The smallest absolute Gasteiger partial charge is 0.211 e. The molecule has 1 aliphatic carbocycles. The fraction of sp³-hybridized carbons (Fsp3) is 0.304. The Morgan fingerprint density at radius 2 is 2.10 bits per heavy atom. The van der Waals surface area contributed by atoms with Crippen molar-refractivity contribution in [3.63, 3.8) is 0 Å². The molecule has 0 radical (unpaired) electrons. The second-order valence-electron chi connectivity index (χ2n) is 7.51. The van der Waals surface area contributed by atoms with E-state index in [1.54, 1.807) is 19.1 Å². The molecule has 0 aliphatic heterocycles. The minimum atomic E-state index is -3.47. The van der Waals surface area contributed by atoms with Gasteiger partial charge in [-0.15, -0.1) is 0 Å². The van der Waals surface area contributed by atoms with Crippen molar-refractivity contribution in [3.05, 3.63) is 70.8 Å². The monoisotopic (exact) mass is 439 g/mol. The molecule has 31 heavy (non-hydrogen) atoms. The highest BCUT2D eigenvalue weighted by atomic mass is 32.2. The number of hydrogen-bond acceptors (Lipinski definition) is 6. The van der Waals surface area contributed by atoms with Crippen LogP contribution in [0.3, 0.4) is 0 Å². The van der Waals surface area contributed by atoms with Crippen LogP contribution in [0.4, 0.5) is 0 Å². The summed E-state index contributed by atoms with van der Waals surface area (Å²) in [6.45, 7) is 5.72. The zero-order valence-corrected chi connectivity index (χ0v) is 18.4. The number of hydrogen-bond donors (Lipinski definition) is 2. The summed E-state index contributed by atoms with van der Waals surface area (Å²) >= 11 is 0. The number of phenolic OH excluding ortho intramolecular Hbond substituents is 1. The Morgan fingerprint density at radius 3 is 2.74 bits per heavy atom. The van der Waals surface area contributed by atoms with E-state index < -0.39 is 10.0 Å². The number of benzene rings is 2. The SMILES string of the molecule is C=C(N=C(C)c1ccc(O)c(C#N)c1)c1cccc2c1CCC2N(CCO)S(C)(=O)=O. The average Bonchev–Trinajstić information content (AvgIpc) is 3.15. The molecule has 0 fully saturated rings. The van der Waals surface area contributed by atoms with Crippen LogP contribution in [-0.4, -0.2) is 48.1 Å². The lowest BCUT2D eigenvalue weighted by Gasteiger charge is -2.26. The van der Waals surface area contributed by atoms with Crippen molar-refractivity contribution in [2.45, 2.75) is 25.8 Å². The number of nitriles is 1. The van der Waals surface area contributed by atoms with Gasteiger partial charge in [0.05, 0.1) is 30.2 Å². The lowest BCUT2D eigenvalue weighted by Crippen LogP contribution is -2.35. The second-order valence-corrected chi connectivity index (χ2v) is 9.45. The number of aromatic hydroxyl groups is 1. The van der Waals surface area contributed by atoms with Crippen molar-refractivity contribution in [3.8, 4) is 11.8 Å². The predicted molar refractivity (Wildman–Crippen MR) is 120 cm³/mol. The van der Waals surface area contributed by atoms with Crippen LogP contribution in [0.5, 0.6) is 5.75 Å². The van der Waals surface area contributed by atoms with Gasteiger partial charge in [0.25, 0.3) is 0 Å². The number of phenols is 1. The third kappa shape index (κ3) is 4.69. The van der Waals surface area contributed by atoms with Crippen LogP contribution in [0.25, 0.3) is 5.70 Å². The normalized spacial score (nSPS) is 16.2. The van der Waals surface area contributed by atoms with Gasteiger partial charge in [0.15, 0.2) is 0 Å². The van der Waals surface area contributed by atoms with Gasteiger partial charge in [-0.3, -0.25) is 4.99 Å². The highest BCUT2D eigenvalue weighted by Crippen LogP contribution is 2.40. The summed E-state index contributed by atoms with van der Waals surface area (Å²) in [7, 11) is -3.47. The molecule has 0 bridgehead atoms. The molecule has 3 rings (SSSR count). The molecule has 0 aromatic heterocycles. The molecule has 1 unspecified atom stereocenters. The molecule has 0 saturated carbocycles. The van der Waals surface area contributed by atoms with Gasteiger partial charge in [-0.05, 0) is 54.7 Å². The number of aliphatic hydroxyl groups is 1. The largest absolute Gasteiger partial charge is 0.507 e. The number of sulfonamides is 1. The molecular weight excluding hydrogens is 414 g/mol. The molecule has 2 N–H and O–H groups in total. The Bertz CT molecular complexity index is 1200. The van der Waals surface area contributed by atoms with E-state index >= 15 is 0 Å². The number of fused-ring (bicyclic) bond motifs is 1. The molecule has 7 nitrogen and oxygen atoms in total. The molecule has 162 valence electrons. The van der Waals surface area contributed by atoms with E-state index in [0.717, 1.165) is 22.9 Å². The summed E-state index contributed by atoms with van der Waals surface area (Å²) < 4.78 is 25.8. The van der Waals surface area contributed by atoms with E-state index in [2.05, 4.69) is 11.6 Å². The number of rotatable bonds is 7. The maximum absolute atomic E-state index is 12.3. The lowest BCUT2D eigenvalue weighted by atomic mass is 10.00. The van der Waals surface area contributed by atoms with Gasteiger partial charge in [0.1, 0.15) is 11.8 Å². The Kier molecular flexibility index (Phi) is 6.60. The Balaban J connectivity index is 1.95. The first-order valence-corrected chi connectivity index (χ1v) is 11.7. The molecule has 2 aromatic rings. The maximum atomic E-state index is 12.3. The van der Waals surface area contributed by atoms with E-state index in [9.17, 15) is 18.6 Å². The topological polar surface area (TPSA) is 114 Å². The van der Waals surface area contributed by atoms with Gasteiger partial charge in [-0.2, -0.15) is 9.57 Å². The molecule has 8 heteroatoms. The van der Waals surface area contributed by atoms with Crippen molar-refractivity contribution < 1.29 is 18.6 Å². The third-order valence-corrected chi connectivity index (χ3v) is 6.77. The highest BCUT2D eigenvalue weighted by molar-refractivity contribution is 7.88.